The van der Waals surface area contributed by atoms with Gasteiger partial charge in [0.1, 0.15) is 11.4 Å². The Labute approximate surface area is 173 Å². The van der Waals surface area contributed by atoms with Crippen molar-refractivity contribution in [2.75, 3.05) is 7.11 Å². The van der Waals surface area contributed by atoms with Crippen LogP contribution in [0.25, 0.3) is 28.0 Å². The molecule has 0 atom stereocenters. The van der Waals surface area contributed by atoms with Crippen LogP contribution in [0.4, 0.5) is 0 Å². The molecular formula is C22H19ClN4O2. The standard InChI is InChI=1S/C22H18N4O2.ClH/c1-27-18-6-4-5-16(11-18)20-12-22(28-24-20)26-14-17(13-25-10-9-23-15-25)19-7-2-3-8-21(19)26;/h2-12,14-15H,13H2,1H3;1H. The van der Waals surface area contributed by atoms with Crippen LogP contribution in [0.15, 0.2) is 84.0 Å². The van der Waals surface area contributed by atoms with E-state index in [0.717, 1.165) is 29.1 Å². The quantitative estimate of drug-likeness (QED) is 0.414. The molecule has 3 heterocycles. The molecule has 6 nitrogen and oxygen atoms in total. The SMILES string of the molecule is COc1cccc(-c2cc(-n3cc(Cn4ccnc4)c4ccccc43)on2)c1.Cl. The molecule has 0 radical (unpaired) electrons. The highest BCUT2D eigenvalue weighted by atomic mass is 35.5. The van der Waals surface area contributed by atoms with Gasteiger partial charge < -0.3 is 13.8 Å². The monoisotopic (exact) mass is 406 g/mol. The molecule has 0 saturated carbocycles. The maximum atomic E-state index is 5.69. The number of aromatic nitrogens is 4. The third-order valence-electron chi connectivity index (χ3n) is 4.81. The van der Waals surface area contributed by atoms with Crippen molar-refractivity contribution in [3.8, 4) is 22.9 Å². The lowest BCUT2D eigenvalue weighted by Crippen LogP contribution is -1.95. The molecule has 0 aliphatic rings. The first-order valence-electron chi connectivity index (χ1n) is 8.98. The normalized spacial score (nSPS) is 10.8. The van der Waals surface area contributed by atoms with E-state index in [1.807, 2.05) is 64.1 Å². The largest absolute Gasteiger partial charge is 0.497 e. The number of ether oxygens (including phenoxy) is 1. The van der Waals surface area contributed by atoms with E-state index in [2.05, 4.69) is 28.5 Å². The Hall–Kier alpha value is -3.51. The first-order valence-corrected chi connectivity index (χ1v) is 8.98. The summed E-state index contributed by atoms with van der Waals surface area (Å²) in [6.45, 7) is 0.740. The number of halogens is 1. The maximum absolute atomic E-state index is 5.69. The van der Waals surface area contributed by atoms with Crippen molar-refractivity contribution in [3.05, 3.63) is 85.1 Å². The predicted octanol–water partition coefficient (Wildman–Crippen LogP) is 4.96. The van der Waals surface area contributed by atoms with E-state index < -0.39 is 0 Å². The van der Waals surface area contributed by atoms with E-state index in [9.17, 15) is 0 Å². The average Bonchev–Trinajstić information content (AvgIpc) is 3.49. The van der Waals surface area contributed by atoms with E-state index in [0.29, 0.717) is 5.88 Å². The van der Waals surface area contributed by atoms with Crippen molar-refractivity contribution >= 4 is 23.3 Å². The summed E-state index contributed by atoms with van der Waals surface area (Å²) < 4.78 is 15.1. The third kappa shape index (κ3) is 3.50. The number of para-hydroxylation sites is 1. The molecule has 0 spiro atoms. The maximum Gasteiger partial charge on any atom is 0.236 e. The number of benzene rings is 2. The molecule has 0 aliphatic carbocycles. The number of rotatable bonds is 5. The third-order valence-corrected chi connectivity index (χ3v) is 4.81. The Balaban J connectivity index is 0.00000205. The van der Waals surface area contributed by atoms with Crippen LogP contribution >= 0.6 is 12.4 Å². The van der Waals surface area contributed by atoms with Gasteiger partial charge in [-0.05, 0) is 23.8 Å². The molecule has 0 amide bonds. The van der Waals surface area contributed by atoms with Crippen LogP contribution in [0.2, 0.25) is 0 Å². The van der Waals surface area contributed by atoms with E-state index in [4.69, 9.17) is 9.26 Å². The molecule has 0 N–H and O–H groups in total. The molecule has 29 heavy (non-hydrogen) atoms. The van der Waals surface area contributed by atoms with Gasteiger partial charge in [0.25, 0.3) is 0 Å². The van der Waals surface area contributed by atoms with Gasteiger partial charge in [-0.2, -0.15) is 0 Å². The first kappa shape index (κ1) is 18.8. The molecule has 0 fully saturated rings. The molecule has 0 aliphatic heterocycles. The highest BCUT2D eigenvalue weighted by Crippen LogP contribution is 2.29. The lowest BCUT2D eigenvalue weighted by atomic mass is 10.1. The van der Waals surface area contributed by atoms with Gasteiger partial charge in [-0.1, -0.05) is 35.5 Å². The van der Waals surface area contributed by atoms with Crippen LogP contribution in [0.1, 0.15) is 5.56 Å². The van der Waals surface area contributed by atoms with Crippen LogP contribution in [0.3, 0.4) is 0 Å². The lowest BCUT2D eigenvalue weighted by molar-refractivity contribution is 0.409. The van der Waals surface area contributed by atoms with Crippen molar-refractivity contribution in [3.63, 3.8) is 0 Å². The summed E-state index contributed by atoms with van der Waals surface area (Å²) in [5.41, 5.74) is 3.98. The topological polar surface area (TPSA) is 58.0 Å². The fraction of sp³-hybridized carbons (Fsp3) is 0.0909. The van der Waals surface area contributed by atoms with Gasteiger partial charge in [0.15, 0.2) is 0 Å². The second-order valence-corrected chi connectivity index (χ2v) is 6.56. The minimum Gasteiger partial charge on any atom is -0.497 e. The molecule has 3 aromatic heterocycles. The van der Waals surface area contributed by atoms with Gasteiger partial charge in [0.2, 0.25) is 5.88 Å². The van der Waals surface area contributed by atoms with E-state index >= 15 is 0 Å². The summed E-state index contributed by atoms with van der Waals surface area (Å²) in [4.78, 5) is 4.13. The molecule has 146 valence electrons. The molecule has 0 unspecified atom stereocenters. The van der Waals surface area contributed by atoms with Crippen molar-refractivity contribution in [1.29, 1.82) is 0 Å². The highest BCUT2D eigenvalue weighted by molar-refractivity contribution is 5.86. The number of fused-ring (bicyclic) bond motifs is 1. The van der Waals surface area contributed by atoms with Gasteiger partial charge in [-0.25, -0.2) is 4.98 Å². The molecular weight excluding hydrogens is 388 g/mol. The molecule has 5 rings (SSSR count). The van der Waals surface area contributed by atoms with Crippen molar-refractivity contribution < 1.29 is 9.26 Å². The summed E-state index contributed by atoms with van der Waals surface area (Å²) >= 11 is 0. The van der Waals surface area contributed by atoms with Gasteiger partial charge in [0.05, 0.1) is 25.5 Å². The zero-order valence-corrected chi connectivity index (χ0v) is 16.5. The van der Waals surface area contributed by atoms with Crippen LogP contribution < -0.4 is 4.74 Å². The Bertz CT molecular complexity index is 1240. The fourth-order valence-corrected chi connectivity index (χ4v) is 3.43. The fourth-order valence-electron chi connectivity index (χ4n) is 3.43. The molecule has 7 heteroatoms. The number of nitrogens with zero attached hydrogens (tertiary/aromatic N) is 4. The Morgan fingerprint density at radius 2 is 1.97 bits per heavy atom. The van der Waals surface area contributed by atoms with Gasteiger partial charge >= 0.3 is 0 Å². The van der Waals surface area contributed by atoms with Crippen molar-refractivity contribution in [2.24, 2.45) is 0 Å². The van der Waals surface area contributed by atoms with Gasteiger partial charge in [0, 0.05) is 35.6 Å². The Morgan fingerprint density at radius 3 is 2.79 bits per heavy atom. The molecule has 0 saturated heterocycles. The van der Waals surface area contributed by atoms with E-state index in [1.165, 1.54) is 10.9 Å². The minimum absolute atomic E-state index is 0. The van der Waals surface area contributed by atoms with Crippen LogP contribution in [-0.2, 0) is 6.54 Å². The molecule has 0 bridgehead atoms. The highest BCUT2D eigenvalue weighted by Gasteiger charge is 2.14. The molecule has 2 aromatic carbocycles. The summed E-state index contributed by atoms with van der Waals surface area (Å²) in [6, 6.07) is 18.0. The summed E-state index contributed by atoms with van der Waals surface area (Å²) in [5, 5.41) is 5.44. The zero-order chi connectivity index (χ0) is 18.9. The van der Waals surface area contributed by atoms with E-state index in [1.54, 1.807) is 13.3 Å². The Kier molecular flexibility index (Phi) is 5.10. The Morgan fingerprint density at radius 1 is 1.07 bits per heavy atom. The number of hydrogen-bond acceptors (Lipinski definition) is 4. The second-order valence-electron chi connectivity index (χ2n) is 6.56. The van der Waals surface area contributed by atoms with Crippen LogP contribution in [0, 0.1) is 0 Å². The molecule has 5 aromatic rings. The first-order chi connectivity index (χ1) is 13.8. The van der Waals surface area contributed by atoms with Gasteiger partial charge in [-0.15, -0.1) is 12.4 Å². The summed E-state index contributed by atoms with van der Waals surface area (Å²) in [6.07, 6.45) is 7.67. The van der Waals surface area contributed by atoms with Gasteiger partial charge in [-0.3, -0.25) is 4.57 Å². The number of methoxy groups -OCH3 is 1. The van der Waals surface area contributed by atoms with Crippen LogP contribution in [0.5, 0.6) is 5.75 Å². The van der Waals surface area contributed by atoms with Crippen molar-refractivity contribution in [2.45, 2.75) is 6.54 Å². The number of imidazole rings is 1. The van der Waals surface area contributed by atoms with E-state index in [-0.39, 0.29) is 12.4 Å². The van der Waals surface area contributed by atoms with Crippen molar-refractivity contribution in [1.82, 2.24) is 19.3 Å². The van der Waals surface area contributed by atoms with Crippen LogP contribution in [-0.4, -0.2) is 26.4 Å². The smallest absolute Gasteiger partial charge is 0.236 e. The summed E-state index contributed by atoms with van der Waals surface area (Å²) in [7, 11) is 1.65. The second kappa shape index (κ2) is 7.85. The minimum atomic E-state index is 0. The predicted molar refractivity (Wildman–Crippen MR) is 114 cm³/mol. The summed E-state index contributed by atoms with van der Waals surface area (Å²) in [5.74, 6) is 1.46. The lowest BCUT2D eigenvalue weighted by Gasteiger charge is -2.00. The zero-order valence-electron chi connectivity index (χ0n) is 15.7. The number of hydrogen-bond donors (Lipinski definition) is 0. The average molecular weight is 407 g/mol.